The van der Waals surface area contributed by atoms with E-state index in [0.29, 0.717) is 17.9 Å². The third-order valence-electron chi connectivity index (χ3n) is 3.07. The Hall–Kier alpha value is -2.43. The summed E-state index contributed by atoms with van der Waals surface area (Å²) in [6, 6.07) is 5.22. The van der Waals surface area contributed by atoms with Crippen LogP contribution >= 0.6 is 0 Å². The fraction of sp³-hybridized carbons (Fsp3) is 0.267. The summed E-state index contributed by atoms with van der Waals surface area (Å²) in [5.41, 5.74) is 3.04. The summed E-state index contributed by atoms with van der Waals surface area (Å²) in [6.07, 6.45) is 1.37. The predicted molar refractivity (Wildman–Crippen MR) is 75.0 cm³/mol. The van der Waals surface area contributed by atoms with Gasteiger partial charge in [-0.15, -0.1) is 0 Å². The Morgan fingerprint density at radius 1 is 1.30 bits per heavy atom. The summed E-state index contributed by atoms with van der Waals surface area (Å²) in [4.78, 5) is 11.3. The van der Waals surface area contributed by atoms with Crippen LogP contribution in [0.1, 0.15) is 27.2 Å². The van der Waals surface area contributed by atoms with Crippen LogP contribution in [-0.2, 0) is 11.3 Å². The summed E-state index contributed by atoms with van der Waals surface area (Å²) in [7, 11) is 1.33. The van der Waals surface area contributed by atoms with Crippen molar-refractivity contribution in [3.8, 4) is 5.75 Å². The number of hydrogen-bond acceptors (Lipinski definition) is 5. The van der Waals surface area contributed by atoms with Crippen LogP contribution in [0, 0.1) is 13.8 Å². The smallest absolute Gasteiger partial charge is 0.341 e. The van der Waals surface area contributed by atoms with Crippen LogP contribution in [0.2, 0.25) is 0 Å². The number of esters is 1. The number of phenolic OH excluding ortho intramolecular Hbond substituents is 1. The molecule has 1 heterocycles. The van der Waals surface area contributed by atoms with Crippen molar-refractivity contribution in [2.24, 2.45) is 0 Å². The highest BCUT2D eigenvalue weighted by molar-refractivity contribution is 5.89. The zero-order chi connectivity index (χ0) is 14.7. The molecule has 0 saturated heterocycles. The van der Waals surface area contributed by atoms with Crippen LogP contribution in [0.3, 0.4) is 0 Å². The van der Waals surface area contributed by atoms with Gasteiger partial charge < -0.3 is 19.6 Å². The van der Waals surface area contributed by atoms with Gasteiger partial charge in [0.05, 0.1) is 19.2 Å². The third kappa shape index (κ3) is 2.93. The second-order valence-electron chi connectivity index (χ2n) is 4.60. The summed E-state index contributed by atoms with van der Waals surface area (Å²) in [6.45, 7) is 4.19. The van der Waals surface area contributed by atoms with Gasteiger partial charge in [-0.1, -0.05) is 0 Å². The van der Waals surface area contributed by atoms with Gasteiger partial charge >= 0.3 is 5.97 Å². The molecule has 0 spiro atoms. The highest BCUT2D eigenvalue weighted by Gasteiger charge is 2.10. The van der Waals surface area contributed by atoms with Gasteiger partial charge in [-0.2, -0.15) is 0 Å². The Kier molecular flexibility index (Phi) is 3.98. The monoisotopic (exact) mass is 275 g/mol. The lowest BCUT2D eigenvalue weighted by Gasteiger charge is -2.10. The fourth-order valence-electron chi connectivity index (χ4n) is 1.87. The molecule has 2 N–H and O–H groups in total. The first-order valence-electron chi connectivity index (χ1n) is 6.21. The molecule has 0 radical (unpaired) electrons. The first kappa shape index (κ1) is 14.0. The number of benzene rings is 1. The summed E-state index contributed by atoms with van der Waals surface area (Å²) in [5.74, 6) is 0.492. The number of phenols is 1. The lowest BCUT2D eigenvalue weighted by atomic mass is 10.1. The summed E-state index contributed by atoms with van der Waals surface area (Å²) in [5, 5.41) is 12.8. The van der Waals surface area contributed by atoms with Crippen molar-refractivity contribution < 1.29 is 19.1 Å². The fourth-order valence-corrected chi connectivity index (χ4v) is 1.87. The molecule has 0 aliphatic carbocycles. The summed E-state index contributed by atoms with van der Waals surface area (Å²) >= 11 is 0. The van der Waals surface area contributed by atoms with E-state index in [0.717, 1.165) is 16.8 Å². The van der Waals surface area contributed by atoms with E-state index in [-0.39, 0.29) is 5.75 Å². The van der Waals surface area contributed by atoms with Gasteiger partial charge in [0.15, 0.2) is 0 Å². The van der Waals surface area contributed by atoms with Gasteiger partial charge in [0.1, 0.15) is 17.8 Å². The molecule has 2 aromatic rings. The average molecular weight is 275 g/mol. The minimum Gasteiger partial charge on any atom is -0.508 e. The number of carbonyl (C=O) groups is 1. The van der Waals surface area contributed by atoms with Crippen molar-refractivity contribution in [2.75, 3.05) is 12.4 Å². The van der Waals surface area contributed by atoms with Crippen molar-refractivity contribution in [1.82, 2.24) is 0 Å². The van der Waals surface area contributed by atoms with Gasteiger partial charge in [-0.25, -0.2) is 4.79 Å². The zero-order valence-corrected chi connectivity index (χ0v) is 11.7. The van der Waals surface area contributed by atoms with Crippen LogP contribution in [0.4, 0.5) is 5.69 Å². The van der Waals surface area contributed by atoms with Crippen molar-refractivity contribution in [2.45, 2.75) is 20.4 Å². The zero-order valence-electron chi connectivity index (χ0n) is 11.7. The molecule has 0 bridgehead atoms. The van der Waals surface area contributed by atoms with Crippen LogP contribution in [0.25, 0.3) is 0 Å². The molecule has 2 rings (SSSR count). The maximum absolute atomic E-state index is 11.3. The predicted octanol–water partition coefficient (Wildman–Crippen LogP) is 3.00. The molecule has 0 amide bonds. The lowest BCUT2D eigenvalue weighted by Crippen LogP contribution is -2.01. The van der Waals surface area contributed by atoms with Gasteiger partial charge in [-0.3, -0.25) is 0 Å². The molecule has 0 atom stereocenters. The van der Waals surface area contributed by atoms with Gasteiger partial charge in [0.2, 0.25) is 0 Å². The standard InChI is InChI=1S/C15H17NO4/c1-9-5-14(17)10(2)4-13(9)16-7-12-6-11(8-20-12)15(18)19-3/h4-6,8,16-17H,7H2,1-3H3. The van der Waals surface area contributed by atoms with E-state index in [2.05, 4.69) is 10.1 Å². The first-order chi connectivity index (χ1) is 9.51. The molecular formula is C15H17NO4. The maximum Gasteiger partial charge on any atom is 0.341 e. The Morgan fingerprint density at radius 3 is 2.75 bits per heavy atom. The number of carbonyl (C=O) groups excluding carboxylic acids is 1. The minimum absolute atomic E-state index is 0.277. The van der Waals surface area contributed by atoms with Crippen LogP contribution in [0.15, 0.2) is 28.9 Å². The molecule has 0 aliphatic heterocycles. The number of ether oxygens (including phenoxy) is 1. The normalized spacial score (nSPS) is 10.3. The molecule has 5 nitrogen and oxygen atoms in total. The average Bonchev–Trinajstić information content (AvgIpc) is 2.89. The number of hydrogen-bond donors (Lipinski definition) is 2. The number of anilines is 1. The van der Waals surface area contributed by atoms with E-state index in [4.69, 9.17) is 4.42 Å². The summed E-state index contributed by atoms with van der Waals surface area (Å²) < 4.78 is 9.90. The molecule has 0 aliphatic rings. The Labute approximate surface area is 117 Å². The van der Waals surface area contributed by atoms with Crippen LogP contribution in [0.5, 0.6) is 5.75 Å². The molecule has 0 saturated carbocycles. The van der Waals surface area contributed by atoms with E-state index in [1.807, 2.05) is 19.9 Å². The van der Waals surface area contributed by atoms with Crippen LogP contribution < -0.4 is 5.32 Å². The SMILES string of the molecule is COC(=O)c1coc(CNc2cc(C)c(O)cc2C)c1. The van der Waals surface area contributed by atoms with Gasteiger partial charge in [0, 0.05) is 5.69 Å². The van der Waals surface area contributed by atoms with Crippen molar-refractivity contribution in [3.63, 3.8) is 0 Å². The second kappa shape index (κ2) is 5.69. The topological polar surface area (TPSA) is 71.7 Å². The number of rotatable bonds is 4. The maximum atomic E-state index is 11.3. The molecule has 0 unspecified atom stereocenters. The minimum atomic E-state index is -0.420. The van der Waals surface area contributed by atoms with E-state index in [9.17, 15) is 9.90 Å². The molecule has 5 heteroatoms. The first-order valence-corrected chi connectivity index (χ1v) is 6.21. The van der Waals surface area contributed by atoms with Crippen molar-refractivity contribution in [1.29, 1.82) is 0 Å². The second-order valence-corrected chi connectivity index (χ2v) is 4.60. The van der Waals surface area contributed by atoms with Crippen molar-refractivity contribution >= 4 is 11.7 Å². The molecule has 106 valence electrons. The lowest BCUT2D eigenvalue weighted by molar-refractivity contribution is 0.0600. The Morgan fingerprint density at radius 2 is 2.05 bits per heavy atom. The van der Waals surface area contributed by atoms with Crippen LogP contribution in [-0.4, -0.2) is 18.2 Å². The third-order valence-corrected chi connectivity index (χ3v) is 3.07. The molecule has 1 aromatic heterocycles. The van der Waals surface area contributed by atoms with E-state index < -0.39 is 5.97 Å². The van der Waals surface area contributed by atoms with Gasteiger partial charge in [-0.05, 0) is 43.2 Å². The van der Waals surface area contributed by atoms with E-state index >= 15 is 0 Å². The van der Waals surface area contributed by atoms with Gasteiger partial charge in [0.25, 0.3) is 0 Å². The number of aromatic hydroxyl groups is 1. The largest absolute Gasteiger partial charge is 0.508 e. The highest BCUT2D eigenvalue weighted by Crippen LogP contribution is 2.25. The molecule has 20 heavy (non-hydrogen) atoms. The van der Waals surface area contributed by atoms with Crippen molar-refractivity contribution in [3.05, 3.63) is 46.9 Å². The number of furan rings is 1. The molecule has 1 aromatic carbocycles. The van der Waals surface area contributed by atoms with E-state index in [1.54, 1.807) is 12.1 Å². The number of nitrogens with one attached hydrogen (secondary N) is 1. The molecule has 0 fully saturated rings. The Bertz CT molecular complexity index is 631. The quantitative estimate of drug-likeness (QED) is 0.663. The van der Waals surface area contributed by atoms with E-state index in [1.165, 1.54) is 13.4 Å². The number of aryl methyl sites for hydroxylation is 2. The highest BCUT2D eigenvalue weighted by atomic mass is 16.5. The molecular weight excluding hydrogens is 258 g/mol. The Balaban J connectivity index is 2.07. The number of methoxy groups -OCH3 is 1.